The highest BCUT2D eigenvalue weighted by Crippen LogP contribution is 2.45. The van der Waals surface area contributed by atoms with Crippen LogP contribution in [0.3, 0.4) is 0 Å². The van der Waals surface area contributed by atoms with Crippen LogP contribution in [0.1, 0.15) is 39.7 Å². The second-order valence-corrected chi connectivity index (χ2v) is 11.3. The van der Waals surface area contributed by atoms with Gasteiger partial charge in [-0.05, 0) is 37.5 Å². The van der Waals surface area contributed by atoms with E-state index >= 15 is 0 Å². The molecule has 10 heteroatoms. The SMILES string of the molecule is CC(C)C(NC(=O)C1N2C(=O)CC2S(=O)(=O)C1(C)C)C(=O)NCc1ccc(F)cc1. The molecule has 0 saturated carbocycles. The normalized spacial score (nSPS) is 24.7. The van der Waals surface area contributed by atoms with Gasteiger partial charge in [0, 0.05) is 6.54 Å². The van der Waals surface area contributed by atoms with Gasteiger partial charge in [-0.1, -0.05) is 26.0 Å². The first-order chi connectivity index (χ1) is 13.9. The summed E-state index contributed by atoms with van der Waals surface area (Å²) in [7, 11) is -3.71. The number of hydrogen-bond acceptors (Lipinski definition) is 5. The van der Waals surface area contributed by atoms with Crippen LogP contribution in [0.5, 0.6) is 0 Å². The fourth-order valence-electron chi connectivity index (χ4n) is 3.92. The Morgan fingerprint density at radius 2 is 1.83 bits per heavy atom. The zero-order valence-electron chi connectivity index (χ0n) is 17.3. The Hall–Kier alpha value is -2.49. The standard InChI is InChI=1S/C20H26FN3O5S/c1-11(2)16(18(26)22-10-12-5-7-13(21)8-6-12)23-19(27)17-20(3,4)30(28,29)15-9-14(25)24(15)17/h5-8,11,15-17H,9-10H2,1-4H3,(H,22,26)(H,23,27). The van der Waals surface area contributed by atoms with Crippen molar-refractivity contribution in [2.24, 2.45) is 5.92 Å². The summed E-state index contributed by atoms with van der Waals surface area (Å²) in [4.78, 5) is 38.8. The molecule has 30 heavy (non-hydrogen) atoms. The average molecular weight is 440 g/mol. The van der Waals surface area contributed by atoms with Gasteiger partial charge < -0.3 is 15.5 Å². The molecule has 0 bridgehead atoms. The number of halogens is 1. The van der Waals surface area contributed by atoms with Crippen LogP contribution in [0.2, 0.25) is 0 Å². The number of rotatable bonds is 6. The van der Waals surface area contributed by atoms with E-state index < -0.39 is 49.8 Å². The lowest BCUT2D eigenvalue weighted by atomic mass is 9.95. The van der Waals surface area contributed by atoms with Crippen LogP contribution >= 0.6 is 0 Å². The van der Waals surface area contributed by atoms with Gasteiger partial charge in [0.1, 0.15) is 23.3 Å². The quantitative estimate of drug-likeness (QED) is 0.634. The molecule has 0 aliphatic carbocycles. The molecule has 0 aromatic heterocycles. The lowest BCUT2D eigenvalue weighted by molar-refractivity contribution is -0.150. The Balaban J connectivity index is 1.73. The molecule has 3 amide bonds. The van der Waals surface area contributed by atoms with E-state index in [0.29, 0.717) is 5.56 Å². The predicted octanol–water partition coefficient (Wildman–Crippen LogP) is 0.717. The van der Waals surface area contributed by atoms with Crippen LogP contribution in [0.25, 0.3) is 0 Å². The molecule has 2 N–H and O–H groups in total. The first kappa shape index (κ1) is 22.2. The first-order valence-corrected chi connectivity index (χ1v) is 11.3. The molecular formula is C20H26FN3O5S. The van der Waals surface area contributed by atoms with E-state index in [1.54, 1.807) is 26.0 Å². The Bertz CT molecular complexity index is 975. The fraction of sp³-hybridized carbons (Fsp3) is 0.550. The molecule has 0 radical (unpaired) electrons. The number of carbonyl (C=O) groups is 3. The minimum Gasteiger partial charge on any atom is -0.350 e. The Labute approximate surface area is 175 Å². The Kier molecular flexibility index (Phi) is 5.66. The number of amides is 3. The van der Waals surface area contributed by atoms with Gasteiger partial charge >= 0.3 is 0 Å². The second kappa shape index (κ2) is 7.64. The molecule has 2 aliphatic rings. The van der Waals surface area contributed by atoms with Crippen molar-refractivity contribution in [2.75, 3.05) is 0 Å². The smallest absolute Gasteiger partial charge is 0.245 e. The van der Waals surface area contributed by atoms with E-state index in [1.807, 2.05) is 0 Å². The van der Waals surface area contributed by atoms with Crippen molar-refractivity contribution in [3.05, 3.63) is 35.6 Å². The molecule has 0 spiro atoms. The summed E-state index contributed by atoms with van der Waals surface area (Å²) in [6.45, 7) is 6.50. The van der Waals surface area contributed by atoms with E-state index in [9.17, 15) is 27.2 Å². The maximum absolute atomic E-state index is 13.0. The van der Waals surface area contributed by atoms with Crippen molar-refractivity contribution in [1.82, 2.24) is 15.5 Å². The second-order valence-electron chi connectivity index (χ2n) is 8.59. The summed E-state index contributed by atoms with van der Waals surface area (Å²) in [6, 6.07) is 3.53. The molecule has 8 nitrogen and oxygen atoms in total. The van der Waals surface area contributed by atoms with Crippen LogP contribution in [-0.4, -0.2) is 53.2 Å². The van der Waals surface area contributed by atoms with Gasteiger partial charge in [-0.3, -0.25) is 14.4 Å². The molecule has 1 aromatic rings. The summed E-state index contributed by atoms with van der Waals surface area (Å²) in [5.74, 6) is -2.18. The number of nitrogens with zero attached hydrogens (tertiary/aromatic N) is 1. The lowest BCUT2D eigenvalue weighted by Crippen LogP contribution is -2.62. The first-order valence-electron chi connectivity index (χ1n) is 9.75. The van der Waals surface area contributed by atoms with E-state index in [1.165, 1.54) is 26.0 Å². The van der Waals surface area contributed by atoms with Crippen molar-refractivity contribution in [2.45, 2.75) is 62.9 Å². The molecule has 3 rings (SSSR count). The van der Waals surface area contributed by atoms with Gasteiger partial charge in [-0.25, -0.2) is 12.8 Å². The van der Waals surface area contributed by atoms with Crippen molar-refractivity contribution in [1.29, 1.82) is 0 Å². The molecule has 2 heterocycles. The van der Waals surface area contributed by atoms with Gasteiger partial charge in [0.25, 0.3) is 0 Å². The highest BCUT2D eigenvalue weighted by molar-refractivity contribution is 7.93. The summed E-state index contributed by atoms with van der Waals surface area (Å²) < 4.78 is 36.9. The zero-order valence-corrected chi connectivity index (χ0v) is 18.1. The minimum atomic E-state index is -3.71. The van der Waals surface area contributed by atoms with Crippen molar-refractivity contribution >= 4 is 27.6 Å². The summed E-state index contributed by atoms with van der Waals surface area (Å²) in [5, 5.41) is 4.35. The highest BCUT2D eigenvalue weighted by Gasteiger charge is 2.67. The summed E-state index contributed by atoms with van der Waals surface area (Å²) >= 11 is 0. The fourth-order valence-corrected chi connectivity index (χ4v) is 6.06. The minimum absolute atomic E-state index is 0.124. The van der Waals surface area contributed by atoms with E-state index in [4.69, 9.17) is 0 Å². The monoisotopic (exact) mass is 439 g/mol. The van der Waals surface area contributed by atoms with Crippen LogP contribution in [0.15, 0.2) is 24.3 Å². The van der Waals surface area contributed by atoms with Crippen molar-refractivity contribution in [3.63, 3.8) is 0 Å². The molecule has 2 saturated heterocycles. The lowest BCUT2D eigenvalue weighted by Gasteiger charge is -2.37. The van der Waals surface area contributed by atoms with Gasteiger partial charge in [0.2, 0.25) is 17.7 Å². The third-order valence-corrected chi connectivity index (χ3v) is 8.65. The van der Waals surface area contributed by atoms with E-state index in [2.05, 4.69) is 10.6 Å². The molecule has 3 unspecified atom stereocenters. The number of benzene rings is 1. The van der Waals surface area contributed by atoms with Crippen LogP contribution < -0.4 is 10.6 Å². The zero-order chi connectivity index (χ0) is 22.4. The van der Waals surface area contributed by atoms with Crippen molar-refractivity contribution < 1.29 is 27.2 Å². The Morgan fingerprint density at radius 1 is 1.23 bits per heavy atom. The van der Waals surface area contributed by atoms with Gasteiger partial charge in [-0.2, -0.15) is 0 Å². The summed E-state index contributed by atoms with van der Waals surface area (Å²) in [6.07, 6.45) is -0.124. The number of β-lactam (4-membered cyclic amide) rings is 1. The average Bonchev–Trinajstić information content (AvgIpc) is 2.78. The molecule has 3 atom stereocenters. The molecule has 2 aliphatic heterocycles. The van der Waals surface area contributed by atoms with Gasteiger partial charge in [0.05, 0.1) is 11.2 Å². The van der Waals surface area contributed by atoms with Gasteiger partial charge in [0.15, 0.2) is 9.84 Å². The highest BCUT2D eigenvalue weighted by atomic mass is 32.2. The van der Waals surface area contributed by atoms with E-state index in [-0.39, 0.29) is 24.7 Å². The van der Waals surface area contributed by atoms with E-state index in [0.717, 1.165) is 4.90 Å². The maximum Gasteiger partial charge on any atom is 0.245 e. The Morgan fingerprint density at radius 3 is 2.37 bits per heavy atom. The van der Waals surface area contributed by atoms with Gasteiger partial charge in [-0.15, -0.1) is 0 Å². The summed E-state index contributed by atoms with van der Waals surface area (Å²) in [5.41, 5.74) is 0.690. The topological polar surface area (TPSA) is 113 Å². The molecule has 1 aromatic carbocycles. The van der Waals surface area contributed by atoms with Crippen LogP contribution in [0, 0.1) is 11.7 Å². The molecule has 164 valence electrons. The third-order valence-electron chi connectivity index (χ3n) is 5.85. The number of carbonyl (C=O) groups excluding carboxylic acids is 3. The predicted molar refractivity (Wildman–Crippen MR) is 107 cm³/mol. The maximum atomic E-state index is 13.0. The molecular weight excluding hydrogens is 413 g/mol. The number of nitrogens with one attached hydrogen (secondary N) is 2. The number of hydrogen-bond donors (Lipinski definition) is 2. The molecule has 2 fully saturated rings. The van der Waals surface area contributed by atoms with Crippen molar-refractivity contribution in [3.8, 4) is 0 Å². The number of sulfone groups is 1. The largest absolute Gasteiger partial charge is 0.350 e. The van der Waals surface area contributed by atoms with Crippen LogP contribution in [-0.2, 0) is 30.8 Å². The number of fused-ring (bicyclic) bond motifs is 1. The van der Waals surface area contributed by atoms with Crippen LogP contribution in [0.4, 0.5) is 4.39 Å². The third kappa shape index (κ3) is 3.57.